The molecule has 1 aromatic heterocycles. The van der Waals surface area contributed by atoms with E-state index in [0.29, 0.717) is 5.92 Å². The lowest BCUT2D eigenvalue weighted by Crippen LogP contribution is -2.01. The molecule has 1 aliphatic rings. The minimum atomic E-state index is 0.493. The van der Waals surface area contributed by atoms with Crippen molar-refractivity contribution >= 4 is 5.70 Å². The zero-order valence-electron chi connectivity index (χ0n) is 16.8. The van der Waals surface area contributed by atoms with E-state index in [-0.39, 0.29) is 0 Å². The third kappa shape index (κ3) is 5.74. The molecular formula is C23H34N2. The number of hydrogen-bond donors (Lipinski definition) is 0. The predicted octanol–water partition coefficient (Wildman–Crippen LogP) is 7.31. The van der Waals surface area contributed by atoms with Crippen molar-refractivity contribution in [1.82, 2.24) is 9.55 Å². The van der Waals surface area contributed by atoms with E-state index >= 15 is 0 Å². The Morgan fingerprint density at radius 3 is 2.36 bits per heavy atom. The average molecular weight is 339 g/mol. The van der Waals surface area contributed by atoms with Gasteiger partial charge in [-0.25, -0.2) is 4.98 Å². The summed E-state index contributed by atoms with van der Waals surface area (Å²) in [5, 5.41) is 0. The van der Waals surface area contributed by atoms with Gasteiger partial charge in [-0.3, -0.25) is 0 Å². The van der Waals surface area contributed by atoms with Crippen molar-refractivity contribution in [1.29, 1.82) is 0 Å². The molecule has 1 aromatic carbocycles. The summed E-state index contributed by atoms with van der Waals surface area (Å²) in [6.45, 7) is 12.7. The van der Waals surface area contributed by atoms with Crippen molar-refractivity contribution in [2.45, 2.75) is 66.7 Å². The highest BCUT2D eigenvalue weighted by Crippen LogP contribution is 2.30. The molecule has 0 spiro atoms. The van der Waals surface area contributed by atoms with Crippen molar-refractivity contribution in [2.24, 2.45) is 0 Å². The number of allylic oxidation sites excluding steroid dienone is 4. The Hall–Kier alpha value is -2.09. The summed E-state index contributed by atoms with van der Waals surface area (Å²) in [7, 11) is 0. The van der Waals surface area contributed by atoms with Gasteiger partial charge in [0.15, 0.2) is 0 Å². The van der Waals surface area contributed by atoms with Crippen LogP contribution in [0.25, 0.3) is 17.1 Å². The molecule has 2 heteroatoms. The molecule has 0 N–H and O–H groups in total. The Morgan fingerprint density at radius 2 is 1.76 bits per heavy atom. The quantitative estimate of drug-likeness (QED) is 0.573. The standard InChI is InChI=1S/C18H20N2.C3H8.C2H6/c1-14(2)16-10-6-7-11-17(16)18-19-12-13-20(18)15-8-4-3-5-9-15;1-3-2;1-2/h4,6-14H,3,5H2,1-2H3;3H2,1-2H3;1-2H3. The van der Waals surface area contributed by atoms with Crippen molar-refractivity contribution in [2.75, 3.05) is 0 Å². The summed E-state index contributed by atoms with van der Waals surface area (Å²) in [6.07, 6.45) is 14.1. The molecule has 0 bridgehead atoms. The first-order chi connectivity index (χ1) is 12.2. The Bertz CT molecular complexity index is 675. The van der Waals surface area contributed by atoms with E-state index in [9.17, 15) is 0 Å². The fraction of sp³-hybridized carbons (Fsp3) is 0.435. The number of nitrogens with zero attached hydrogens (tertiary/aromatic N) is 2. The molecule has 136 valence electrons. The maximum absolute atomic E-state index is 4.59. The van der Waals surface area contributed by atoms with Crippen molar-refractivity contribution < 1.29 is 0 Å². The minimum absolute atomic E-state index is 0.493. The van der Waals surface area contributed by atoms with Crippen molar-refractivity contribution in [3.05, 3.63) is 60.5 Å². The molecule has 1 aliphatic carbocycles. The lowest BCUT2D eigenvalue weighted by Gasteiger charge is -2.15. The molecule has 0 fully saturated rings. The van der Waals surface area contributed by atoms with Gasteiger partial charge in [-0.2, -0.15) is 0 Å². The van der Waals surface area contributed by atoms with Crippen LogP contribution in [0.4, 0.5) is 0 Å². The zero-order valence-corrected chi connectivity index (χ0v) is 16.8. The van der Waals surface area contributed by atoms with E-state index in [1.807, 2.05) is 26.2 Å². The molecule has 0 radical (unpaired) electrons. The molecule has 0 aliphatic heterocycles. The van der Waals surface area contributed by atoms with Crippen LogP contribution in [-0.4, -0.2) is 9.55 Å². The summed E-state index contributed by atoms with van der Waals surface area (Å²) in [4.78, 5) is 4.59. The summed E-state index contributed by atoms with van der Waals surface area (Å²) in [5.41, 5.74) is 3.80. The van der Waals surface area contributed by atoms with E-state index < -0.39 is 0 Å². The van der Waals surface area contributed by atoms with E-state index in [4.69, 9.17) is 0 Å². The first-order valence-corrected chi connectivity index (χ1v) is 9.68. The van der Waals surface area contributed by atoms with Gasteiger partial charge in [0, 0.05) is 23.7 Å². The fourth-order valence-corrected chi connectivity index (χ4v) is 2.69. The van der Waals surface area contributed by atoms with Crippen LogP contribution in [0, 0.1) is 0 Å². The Labute approximate surface area is 154 Å². The van der Waals surface area contributed by atoms with Gasteiger partial charge in [0.2, 0.25) is 0 Å². The van der Waals surface area contributed by atoms with Gasteiger partial charge in [0.1, 0.15) is 5.82 Å². The van der Waals surface area contributed by atoms with Gasteiger partial charge >= 0.3 is 0 Å². The van der Waals surface area contributed by atoms with Gasteiger partial charge in [0.25, 0.3) is 0 Å². The average Bonchev–Trinajstić information content (AvgIpc) is 3.14. The first-order valence-electron chi connectivity index (χ1n) is 9.68. The van der Waals surface area contributed by atoms with Gasteiger partial charge in [-0.05, 0) is 30.4 Å². The number of hydrogen-bond acceptors (Lipinski definition) is 1. The first kappa shape index (κ1) is 21.0. The molecule has 0 saturated heterocycles. The highest BCUT2D eigenvalue weighted by molar-refractivity contribution is 5.69. The smallest absolute Gasteiger partial charge is 0.144 e. The van der Waals surface area contributed by atoms with E-state index in [0.717, 1.165) is 18.7 Å². The lowest BCUT2D eigenvalue weighted by molar-refractivity contribution is 0.865. The van der Waals surface area contributed by atoms with Crippen LogP contribution in [0.2, 0.25) is 0 Å². The van der Waals surface area contributed by atoms with Crippen LogP contribution in [0.5, 0.6) is 0 Å². The number of imidazole rings is 1. The second-order valence-corrected chi connectivity index (χ2v) is 6.18. The van der Waals surface area contributed by atoms with Gasteiger partial charge in [-0.1, -0.05) is 84.4 Å². The Kier molecular flexibility index (Phi) is 9.61. The van der Waals surface area contributed by atoms with Crippen LogP contribution in [0.15, 0.2) is 54.9 Å². The summed E-state index contributed by atoms with van der Waals surface area (Å²) in [5.74, 6) is 1.53. The number of rotatable bonds is 3. The predicted molar refractivity (Wildman–Crippen MR) is 112 cm³/mol. The monoisotopic (exact) mass is 338 g/mol. The minimum Gasteiger partial charge on any atom is -0.300 e. The second kappa shape index (κ2) is 11.5. The molecular weight excluding hydrogens is 304 g/mol. The van der Waals surface area contributed by atoms with Gasteiger partial charge < -0.3 is 4.57 Å². The molecule has 0 saturated carbocycles. The molecule has 0 atom stereocenters. The lowest BCUT2D eigenvalue weighted by atomic mass is 9.96. The summed E-state index contributed by atoms with van der Waals surface area (Å²) < 4.78 is 2.19. The summed E-state index contributed by atoms with van der Waals surface area (Å²) in [6, 6.07) is 8.56. The third-order valence-corrected chi connectivity index (χ3v) is 3.72. The highest BCUT2D eigenvalue weighted by atomic mass is 15.1. The van der Waals surface area contributed by atoms with E-state index in [1.54, 1.807) is 0 Å². The van der Waals surface area contributed by atoms with Gasteiger partial charge in [-0.15, -0.1) is 0 Å². The third-order valence-electron chi connectivity index (χ3n) is 3.72. The van der Waals surface area contributed by atoms with Crippen LogP contribution in [0.1, 0.15) is 72.3 Å². The van der Waals surface area contributed by atoms with Crippen molar-refractivity contribution in [3.8, 4) is 11.4 Å². The molecule has 25 heavy (non-hydrogen) atoms. The zero-order chi connectivity index (χ0) is 18.7. The van der Waals surface area contributed by atoms with Crippen LogP contribution in [0.3, 0.4) is 0 Å². The molecule has 2 aromatic rings. The Balaban J connectivity index is 0.000000567. The molecule has 2 nitrogen and oxygen atoms in total. The number of aromatic nitrogens is 2. The van der Waals surface area contributed by atoms with Crippen LogP contribution >= 0.6 is 0 Å². The maximum atomic E-state index is 4.59. The topological polar surface area (TPSA) is 17.8 Å². The van der Waals surface area contributed by atoms with E-state index in [1.165, 1.54) is 23.2 Å². The Morgan fingerprint density at radius 1 is 1.08 bits per heavy atom. The second-order valence-electron chi connectivity index (χ2n) is 6.18. The SMILES string of the molecule is CC.CC(C)c1ccccc1-c1nccn1C1=CCCC=C1.CCC. The van der Waals surface area contributed by atoms with Crippen LogP contribution < -0.4 is 0 Å². The molecule has 1 heterocycles. The molecule has 3 rings (SSSR count). The normalized spacial score (nSPS) is 12.7. The van der Waals surface area contributed by atoms with Gasteiger partial charge in [0.05, 0.1) is 0 Å². The van der Waals surface area contributed by atoms with Crippen molar-refractivity contribution in [3.63, 3.8) is 0 Å². The maximum Gasteiger partial charge on any atom is 0.144 e. The highest BCUT2D eigenvalue weighted by Gasteiger charge is 2.14. The number of benzene rings is 1. The molecule has 0 unspecified atom stereocenters. The fourth-order valence-electron chi connectivity index (χ4n) is 2.69. The summed E-state index contributed by atoms with van der Waals surface area (Å²) >= 11 is 0. The molecule has 0 amide bonds. The largest absolute Gasteiger partial charge is 0.300 e. The van der Waals surface area contributed by atoms with Crippen LogP contribution in [-0.2, 0) is 0 Å². The van der Waals surface area contributed by atoms with E-state index in [2.05, 4.69) is 79.7 Å².